The molecule has 33 heavy (non-hydrogen) atoms. The molecular weight excluding hydrogens is 438 g/mol. The van der Waals surface area contributed by atoms with Crippen LogP contribution in [0.25, 0.3) is 11.6 Å². The van der Waals surface area contributed by atoms with Gasteiger partial charge in [-0.2, -0.15) is 0 Å². The lowest BCUT2D eigenvalue weighted by Crippen LogP contribution is -2.51. The van der Waals surface area contributed by atoms with E-state index < -0.39 is 5.60 Å². The molecule has 0 radical (unpaired) electrons. The number of carbonyl (C=O) groups is 1. The van der Waals surface area contributed by atoms with E-state index in [9.17, 15) is 4.79 Å². The van der Waals surface area contributed by atoms with Crippen LogP contribution >= 0.6 is 11.6 Å². The lowest BCUT2D eigenvalue weighted by atomic mass is 9.88. The van der Waals surface area contributed by atoms with Crippen LogP contribution < -0.4 is 0 Å². The first-order valence-corrected chi connectivity index (χ1v) is 11.9. The van der Waals surface area contributed by atoms with Crippen molar-refractivity contribution in [1.29, 1.82) is 0 Å². The van der Waals surface area contributed by atoms with E-state index in [2.05, 4.69) is 30.0 Å². The summed E-state index contributed by atoms with van der Waals surface area (Å²) in [6, 6.07) is 10.2. The molecule has 2 atom stereocenters. The number of carbonyl (C=O) groups excluding carboxylic acids is 1. The Morgan fingerprint density at radius 1 is 1.21 bits per heavy atom. The molecule has 1 aromatic carbocycles. The molecule has 2 saturated heterocycles. The Labute approximate surface area is 200 Å². The van der Waals surface area contributed by atoms with Crippen molar-refractivity contribution in [3.8, 4) is 0 Å². The molecule has 1 amide bonds. The minimum absolute atomic E-state index is 0.0367. The minimum atomic E-state index is -0.500. The standard InChI is InChI=1S/C26H30ClN3O3/c1-25(2,3)33-24(31)30-12-10-29(11-13-30)23-19-8-7-18(27)15-20(19)21(26(4)16-32-26)14-17-6-5-9-28-22(17)23/h5-9,14-15,23H,10-13,16H2,1-4H3/t23-,26?/m0/s1. The van der Waals surface area contributed by atoms with Gasteiger partial charge in [-0.15, -0.1) is 0 Å². The first-order valence-electron chi connectivity index (χ1n) is 11.5. The summed E-state index contributed by atoms with van der Waals surface area (Å²) in [5.41, 5.74) is 4.73. The third-order valence-electron chi connectivity index (χ3n) is 6.51. The summed E-state index contributed by atoms with van der Waals surface area (Å²) in [6.45, 7) is 11.2. The average molecular weight is 468 g/mol. The molecule has 0 spiro atoms. The number of rotatable bonds is 2. The Kier molecular flexibility index (Phi) is 5.51. The van der Waals surface area contributed by atoms with Gasteiger partial charge in [-0.1, -0.05) is 23.7 Å². The normalized spacial score (nSPS) is 24.9. The van der Waals surface area contributed by atoms with E-state index in [1.54, 1.807) is 4.90 Å². The summed E-state index contributed by atoms with van der Waals surface area (Å²) >= 11 is 6.46. The van der Waals surface area contributed by atoms with Gasteiger partial charge < -0.3 is 14.4 Å². The molecule has 2 fully saturated rings. The summed E-state index contributed by atoms with van der Waals surface area (Å²) in [7, 11) is 0. The minimum Gasteiger partial charge on any atom is -0.444 e. The number of hydrogen-bond donors (Lipinski definition) is 0. The van der Waals surface area contributed by atoms with Crippen molar-refractivity contribution >= 4 is 29.3 Å². The van der Waals surface area contributed by atoms with E-state index in [1.807, 2.05) is 45.2 Å². The van der Waals surface area contributed by atoms with Gasteiger partial charge in [0.25, 0.3) is 0 Å². The van der Waals surface area contributed by atoms with E-state index in [0.29, 0.717) is 24.7 Å². The summed E-state index contributed by atoms with van der Waals surface area (Å²) in [6.07, 6.45) is 3.81. The molecule has 174 valence electrons. The zero-order chi connectivity index (χ0) is 23.4. The Hall–Kier alpha value is -2.41. The first-order chi connectivity index (χ1) is 15.6. The van der Waals surface area contributed by atoms with Gasteiger partial charge in [0.1, 0.15) is 11.2 Å². The Bertz CT molecular complexity index is 1110. The van der Waals surface area contributed by atoms with Crippen LogP contribution in [0.2, 0.25) is 5.02 Å². The molecule has 5 rings (SSSR count). The van der Waals surface area contributed by atoms with Gasteiger partial charge >= 0.3 is 6.09 Å². The van der Waals surface area contributed by atoms with Gasteiger partial charge in [0.05, 0.1) is 18.3 Å². The summed E-state index contributed by atoms with van der Waals surface area (Å²) in [4.78, 5) is 21.6. The summed E-state index contributed by atoms with van der Waals surface area (Å²) in [5, 5.41) is 0.705. The average Bonchev–Trinajstić information content (AvgIpc) is 3.53. The molecule has 2 aromatic rings. The van der Waals surface area contributed by atoms with Crippen molar-refractivity contribution in [2.24, 2.45) is 0 Å². The van der Waals surface area contributed by atoms with Crippen LogP contribution in [0.5, 0.6) is 0 Å². The van der Waals surface area contributed by atoms with Crippen molar-refractivity contribution in [2.75, 3.05) is 32.8 Å². The largest absolute Gasteiger partial charge is 0.444 e. The smallest absolute Gasteiger partial charge is 0.410 e. The van der Waals surface area contributed by atoms with E-state index in [0.717, 1.165) is 35.5 Å². The van der Waals surface area contributed by atoms with Gasteiger partial charge in [0, 0.05) is 37.4 Å². The van der Waals surface area contributed by atoms with Gasteiger partial charge in [0.15, 0.2) is 0 Å². The van der Waals surface area contributed by atoms with Crippen LogP contribution in [-0.2, 0) is 9.47 Å². The number of amides is 1. The molecule has 1 aliphatic carbocycles. The number of ether oxygens (including phenoxy) is 2. The molecular formula is C26H30ClN3O3. The fraction of sp³-hybridized carbons (Fsp3) is 0.462. The lowest BCUT2D eigenvalue weighted by molar-refractivity contribution is 0.0118. The van der Waals surface area contributed by atoms with Crippen molar-refractivity contribution in [3.05, 3.63) is 63.9 Å². The quantitative estimate of drug-likeness (QED) is 0.580. The zero-order valence-electron chi connectivity index (χ0n) is 19.6. The number of nitrogens with zero attached hydrogens (tertiary/aromatic N) is 3. The van der Waals surface area contributed by atoms with Crippen molar-refractivity contribution in [2.45, 2.75) is 44.9 Å². The molecule has 0 N–H and O–H groups in total. The van der Waals surface area contributed by atoms with Crippen LogP contribution in [-0.4, -0.2) is 64.9 Å². The van der Waals surface area contributed by atoms with Crippen molar-refractivity contribution in [3.63, 3.8) is 0 Å². The third kappa shape index (κ3) is 4.39. The molecule has 0 bridgehead atoms. The molecule has 3 heterocycles. The number of piperazine rings is 1. The number of benzene rings is 1. The van der Waals surface area contributed by atoms with E-state index in [4.69, 9.17) is 26.1 Å². The number of aromatic nitrogens is 1. The predicted octanol–water partition coefficient (Wildman–Crippen LogP) is 5.02. The lowest BCUT2D eigenvalue weighted by Gasteiger charge is -2.40. The summed E-state index contributed by atoms with van der Waals surface area (Å²) in [5.74, 6) is 0. The van der Waals surface area contributed by atoms with Gasteiger partial charge in [-0.05, 0) is 74.2 Å². The second-order valence-electron chi connectivity index (χ2n) is 10.2. The highest BCUT2D eigenvalue weighted by Crippen LogP contribution is 2.48. The molecule has 2 aliphatic heterocycles. The van der Waals surface area contributed by atoms with E-state index in [-0.39, 0.29) is 17.7 Å². The number of fused-ring (bicyclic) bond motifs is 2. The Morgan fingerprint density at radius 3 is 2.61 bits per heavy atom. The second kappa shape index (κ2) is 8.12. The molecule has 1 aromatic heterocycles. The highest BCUT2D eigenvalue weighted by molar-refractivity contribution is 6.30. The number of epoxide rings is 1. The highest BCUT2D eigenvalue weighted by Gasteiger charge is 2.46. The number of hydrogen-bond acceptors (Lipinski definition) is 5. The van der Waals surface area contributed by atoms with Gasteiger partial charge in [-0.3, -0.25) is 9.88 Å². The fourth-order valence-corrected chi connectivity index (χ4v) is 4.89. The number of halogens is 1. The monoisotopic (exact) mass is 467 g/mol. The van der Waals surface area contributed by atoms with Gasteiger partial charge in [-0.25, -0.2) is 4.79 Å². The fourth-order valence-electron chi connectivity index (χ4n) is 4.72. The van der Waals surface area contributed by atoms with Crippen LogP contribution in [0.15, 0.2) is 36.5 Å². The van der Waals surface area contributed by atoms with Crippen LogP contribution in [0, 0.1) is 0 Å². The zero-order valence-corrected chi connectivity index (χ0v) is 20.4. The van der Waals surface area contributed by atoms with Crippen LogP contribution in [0.4, 0.5) is 4.79 Å². The number of pyridine rings is 1. The molecule has 0 saturated carbocycles. The molecule has 3 aliphatic rings. The molecule has 7 heteroatoms. The Morgan fingerprint density at radius 2 is 1.94 bits per heavy atom. The van der Waals surface area contributed by atoms with E-state index >= 15 is 0 Å². The maximum atomic E-state index is 12.6. The molecule has 1 unspecified atom stereocenters. The highest BCUT2D eigenvalue weighted by atomic mass is 35.5. The maximum Gasteiger partial charge on any atom is 0.410 e. The predicted molar refractivity (Wildman–Crippen MR) is 129 cm³/mol. The Balaban J connectivity index is 1.50. The first kappa shape index (κ1) is 22.4. The van der Waals surface area contributed by atoms with Crippen molar-refractivity contribution in [1.82, 2.24) is 14.8 Å². The SMILES string of the molecule is CC(C)(C)OC(=O)N1CCN([C@H]2c3ccc(Cl)cc3C(C3(C)CO3)=Cc3cccnc32)CC1. The van der Waals surface area contributed by atoms with Gasteiger partial charge in [0.2, 0.25) is 0 Å². The van der Waals surface area contributed by atoms with E-state index in [1.165, 1.54) is 5.56 Å². The topological polar surface area (TPSA) is 58.2 Å². The van der Waals surface area contributed by atoms with Crippen LogP contribution in [0.3, 0.4) is 0 Å². The van der Waals surface area contributed by atoms with Crippen LogP contribution in [0.1, 0.15) is 56.1 Å². The third-order valence-corrected chi connectivity index (χ3v) is 6.74. The molecule has 6 nitrogen and oxygen atoms in total. The van der Waals surface area contributed by atoms with Crippen molar-refractivity contribution < 1.29 is 14.3 Å². The summed E-state index contributed by atoms with van der Waals surface area (Å²) < 4.78 is 11.4. The second-order valence-corrected chi connectivity index (χ2v) is 10.6. The maximum absolute atomic E-state index is 12.6.